The van der Waals surface area contributed by atoms with Gasteiger partial charge in [0.2, 0.25) is 0 Å². The molecular formula is C30H47NO9. The highest BCUT2D eigenvalue weighted by Crippen LogP contribution is 2.30. The number of esters is 3. The van der Waals surface area contributed by atoms with E-state index in [1.54, 1.807) is 19.9 Å². The van der Waals surface area contributed by atoms with Crippen molar-refractivity contribution >= 4 is 24.1 Å². The van der Waals surface area contributed by atoms with Crippen molar-refractivity contribution in [2.75, 3.05) is 6.61 Å². The molecular weight excluding hydrogens is 518 g/mol. The summed E-state index contributed by atoms with van der Waals surface area (Å²) >= 11 is 0. The Labute approximate surface area is 238 Å². The fraction of sp³-hybridized carbons (Fsp3) is 0.667. The fourth-order valence-electron chi connectivity index (χ4n) is 3.17. The number of carbonyl (C=O) groups is 4. The first-order valence-corrected chi connectivity index (χ1v) is 14.0. The van der Waals surface area contributed by atoms with Crippen LogP contribution in [0.3, 0.4) is 0 Å². The molecule has 226 valence electrons. The van der Waals surface area contributed by atoms with Crippen LogP contribution in [0.15, 0.2) is 18.2 Å². The van der Waals surface area contributed by atoms with Crippen molar-refractivity contribution in [1.82, 2.24) is 0 Å². The van der Waals surface area contributed by atoms with Crippen molar-refractivity contribution in [3.05, 3.63) is 23.8 Å². The summed E-state index contributed by atoms with van der Waals surface area (Å²) in [6.07, 6.45) is -0.0781. The van der Waals surface area contributed by atoms with Gasteiger partial charge in [0.1, 0.15) is 24.9 Å². The van der Waals surface area contributed by atoms with Crippen molar-refractivity contribution in [2.24, 2.45) is 23.5 Å². The van der Waals surface area contributed by atoms with Crippen LogP contribution in [0.2, 0.25) is 0 Å². The molecule has 40 heavy (non-hydrogen) atoms. The van der Waals surface area contributed by atoms with Crippen LogP contribution >= 0.6 is 0 Å². The average Bonchev–Trinajstić information content (AvgIpc) is 2.86. The minimum absolute atomic E-state index is 0.0679. The van der Waals surface area contributed by atoms with Gasteiger partial charge in [0.05, 0.1) is 0 Å². The number of nitrogens with two attached hydrogens (primary N) is 1. The highest BCUT2D eigenvalue weighted by atomic mass is 16.7. The van der Waals surface area contributed by atoms with Gasteiger partial charge in [-0.15, -0.1) is 0 Å². The zero-order valence-electron chi connectivity index (χ0n) is 25.2. The van der Waals surface area contributed by atoms with Crippen LogP contribution in [0.25, 0.3) is 0 Å². The smallest absolute Gasteiger partial charge is 0.458 e. The Morgan fingerprint density at radius 3 is 1.85 bits per heavy atom. The first kappa shape index (κ1) is 34.9. The number of hydrogen-bond donors (Lipinski definition) is 1. The summed E-state index contributed by atoms with van der Waals surface area (Å²) in [4.78, 5) is 49.1. The van der Waals surface area contributed by atoms with E-state index in [9.17, 15) is 19.2 Å². The molecule has 1 aromatic rings. The second-order valence-electron chi connectivity index (χ2n) is 11.3. The van der Waals surface area contributed by atoms with Crippen molar-refractivity contribution in [1.29, 1.82) is 0 Å². The van der Waals surface area contributed by atoms with E-state index in [0.29, 0.717) is 30.2 Å². The first-order valence-electron chi connectivity index (χ1n) is 14.0. The summed E-state index contributed by atoms with van der Waals surface area (Å²) in [6, 6.07) is 3.65. The van der Waals surface area contributed by atoms with Gasteiger partial charge in [0, 0.05) is 12.8 Å². The number of rotatable bonds is 16. The fourth-order valence-corrected chi connectivity index (χ4v) is 3.17. The lowest BCUT2D eigenvalue weighted by Crippen LogP contribution is -2.37. The maximum Gasteiger partial charge on any atom is 0.508 e. The Morgan fingerprint density at radius 1 is 0.775 bits per heavy atom. The minimum Gasteiger partial charge on any atom is -0.458 e. The van der Waals surface area contributed by atoms with Gasteiger partial charge in [-0.25, -0.2) is 4.79 Å². The molecule has 0 bridgehead atoms. The molecule has 3 atom stereocenters. The summed E-state index contributed by atoms with van der Waals surface area (Å²) in [5, 5.41) is 0. The SMILES string of the molecule is CC(C)CCC(=O)Oc1ccc(C[C@H](N)C(=O)O[C@@H](C)COC(=O)OC(C)C(C)C)cc1OC(=O)CCC(C)C. The minimum atomic E-state index is -1.04. The van der Waals surface area contributed by atoms with Gasteiger partial charge >= 0.3 is 24.1 Å². The zero-order valence-corrected chi connectivity index (χ0v) is 25.2. The second kappa shape index (κ2) is 17.5. The Balaban J connectivity index is 2.83. The lowest BCUT2D eigenvalue weighted by Gasteiger charge is -2.19. The summed E-state index contributed by atoms with van der Waals surface area (Å²) in [5.41, 5.74) is 6.65. The second-order valence-corrected chi connectivity index (χ2v) is 11.3. The van der Waals surface area contributed by atoms with E-state index in [1.807, 2.05) is 41.5 Å². The van der Waals surface area contributed by atoms with E-state index in [-0.39, 0.29) is 49.4 Å². The predicted molar refractivity (Wildman–Crippen MR) is 150 cm³/mol. The predicted octanol–water partition coefficient (Wildman–Crippen LogP) is 5.37. The van der Waals surface area contributed by atoms with Crippen molar-refractivity contribution in [3.8, 4) is 11.5 Å². The first-order chi connectivity index (χ1) is 18.7. The molecule has 0 fully saturated rings. The number of benzene rings is 1. The molecule has 0 spiro atoms. The maximum atomic E-state index is 12.5. The summed E-state index contributed by atoms with van der Waals surface area (Å²) in [5.74, 6) is -0.587. The highest BCUT2D eigenvalue weighted by molar-refractivity contribution is 5.77. The molecule has 2 N–H and O–H groups in total. The molecule has 0 saturated carbocycles. The van der Waals surface area contributed by atoms with Crippen LogP contribution in [0.4, 0.5) is 4.79 Å². The van der Waals surface area contributed by atoms with Crippen LogP contribution in [0.5, 0.6) is 11.5 Å². The topological polar surface area (TPSA) is 140 Å². The third kappa shape index (κ3) is 14.3. The highest BCUT2D eigenvalue weighted by Gasteiger charge is 2.22. The quantitative estimate of drug-likeness (QED) is 0.205. The van der Waals surface area contributed by atoms with E-state index in [1.165, 1.54) is 12.1 Å². The number of ether oxygens (including phenoxy) is 5. The van der Waals surface area contributed by atoms with Crippen LogP contribution in [0.1, 0.15) is 86.6 Å². The summed E-state index contributed by atoms with van der Waals surface area (Å²) < 4.78 is 26.5. The maximum absolute atomic E-state index is 12.5. The lowest BCUT2D eigenvalue weighted by atomic mass is 10.1. The molecule has 10 nitrogen and oxygen atoms in total. The van der Waals surface area contributed by atoms with E-state index in [0.717, 1.165) is 0 Å². The molecule has 1 rings (SSSR count). The van der Waals surface area contributed by atoms with Gasteiger partial charge in [-0.3, -0.25) is 14.4 Å². The molecule has 0 heterocycles. The molecule has 1 aromatic carbocycles. The van der Waals surface area contributed by atoms with Crippen molar-refractivity contribution in [3.63, 3.8) is 0 Å². The number of carbonyl (C=O) groups excluding carboxylic acids is 4. The van der Waals surface area contributed by atoms with Gasteiger partial charge in [-0.2, -0.15) is 0 Å². The Hall–Kier alpha value is -3.14. The molecule has 10 heteroatoms. The summed E-state index contributed by atoms with van der Waals surface area (Å²) in [6.45, 7) is 15.0. The monoisotopic (exact) mass is 565 g/mol. The van der Waals surface area contributed by atoms with Crippen molar-refractivity contribution < 1.29 is 42.9 Å². The van der Waals surface area contributed by atoms with Gasteiger partial charge in [-0.05, 0) is 68.6 Å². The molecule has 0 aliphatic heterocycles. The van der Waals surface area contributed by atoms with Crippen LogP contribution in [0, 0.1) is 17.8 Å². The van der Waals surface area contributed by atoms with E-state index < -0.39 is 36.2 Å². The molecule has 0 aliphatic carbocycles. The van der Waals surface area contributed by atoms with Crippen LogP contribution in [-0.4, -0.2) is 48.9 Å². The van der Waals surface area contributed by atoms with Crippen LogP contribution < -0.4 is 15.2 Å². The lowest BCUT2D eigenvalue weighted by molar-refractivity contribution is -0.152. The van der Waals surface area contributed by atoms with E-state index in [4.69, 9.17) is 29.4 Å². The molecule has 0 saturated heterocycles. The third-order valence-electron chi connectivity index (χ3n) is 6.04. The molecule has 0 radical (unpaired) electrons. The summed E-state index contributed by atoms with van der Waals surface area (Å²) in [7, 11) is 0. The Morgan fingerprint density at radius 2 is 1.32 bits per heavy atom. The average molecular weight is 566 g/mol. The van der Waals surface area contributed by atoms with E-state index in [2.05, 4.69) is 0 Å². The molecule has 0 amide bonds. The van der Waals surface area contributed by atoms with Crippen LogP contribution in [-0.2, 0) is 35.0 Å². The standard InChI is InChI=1S/C30H47NO9/c1-18(2)9-13-27(32)39-25-12-11-23(16-26(25)40-28(33)14-10-19(3)4)15-24(31)29(34)37-21(7)17-36-30(35)38-22(8)20(5)6/h11-12,16,18-22,24H,9-10,13-15,17,31H2,1-8H3/t21-,22?,24-/m0/s1. The third-order valence-corrected chi connectivity index (χ3v) is 6.04. The Bertz CT molecular complexity index is 974. The molecule has 1 unspecified atom stereocenters. The molecule has 0 aliphatic rings. The van der Waals surface area contributed by atoms with E-state index >= 15 is 0 Å². The Kier molecular flexibility index (Phi) is 15.3. The molecule has 0 aromatic heterocycles. The zero-order chi connectivity index (χ0) is 30.4. The van der Waals surface area contributed by atoms with Gasteiger partial charge in [0.15, 0.2) is 11.5 Å². The van der Waals surface area contributed by atoms with Gasteiger partial charge in [0.25, 0.3) is 0 Å². The largest absolute Gasteiger partial charge is 0.508 e. The van der Waals surface area contributed by atoms with Crippen molar-refractivity contribution in [2.45, 2.75) is 106 Å². The van der Waals surface area contributed by atoms with Gasteiger partial charge in [-0.1, -0.05) is 47.6 Å². The number of hydrogen-bond acceptors (Lipinski definition) is 10. The normalized spacial score (nSPS) is 13.5. The van der Waals surface area contributed by atoms with Gasteiger partial charge < -0.3 is 29.4 Å².